The van der Waals surface area contributed by atoms with Gasteiger partial charge in [0.1, 0.15) is 0 Å². The van der Waals surface area contributed by atoms with E-state index in [4.69, 9.17) is 0 Å². The molecule has 0 spiro atoms. The molecule has 3 heteroatoms. The maximum atomic E-state index is 11.3. The molecule has 3 nitrogen and oxygen atoms in total. The van der Waals surface area contributed by atoms with E-state index >= 15 is 0 Å². The van der Waals surface area contributed by atoms with Crippen molar-refractivity contribution in [1.29, 1.82) is 0 Å². The van der Waals surface area contributed by atoms with Crippen LogP contribution >= 0.6 is 0 Å². The van der Waals surface area contributed by atoms with E-state index in [9.17, 15) is 4.79 Å². The third kappa shape index (κ3) is 2.98. The summed E-state index contributed by atoms with van der Waals surface area (Å²) in [5.41, 5.74) is 0.733. The highest BCUT2D eigenvalue weighted by molar-refractivity contribution is 5.95. The third-order valence-corrected chi connectivity index (χ3v) is 2.21. The quantitative estimate of drug-likeness (QED) is 0.675. The van der Waals surface area contributed by atoms with Gasteiger partial charge >= 0.3 is 0 Å². The molecule has 0 radical (unpaired) electrons. The second-order valence-electron chi connectivity index (χ2n) is 3.95. The number of ketones is 1. The number of Topliss-reactive ketones (excluding diaryl/α,β-unsaturated/α-hetero) is 1. The Bertz CT molecular complexity index is 302. The van der Waals surface area contributed by atoms with E-state index in [0.29, 0.717) is 12.3 Å². The highest BCUT2D eigenvalue weighted by Gasteiger charge is 2.05. The van der Waals surface area contributed by atoms with Crippen LogP contribution in [0.4, 0.5) is 0 Å². The summed E-state index contributed by atoms with van der Waals surface area (Å²) < 4.78 is 1.85. The number of carbonyl (C=O) groups is 1. The van der Waals surface area contributed by atoms with E-state index in [-0.39, 0.29) is 5.78 Å². The SMILES string of the molecule is CCC(=O)c1cnn(CCC(C)C)c1. The van der Waals surface area contributed by atoms with Crippen molar-refractivity contribution < 1.29 is 4.79 Å². The van der Waals surface area contributed by atoms with Crippen molar-refractivity contribution >= 4 is 5.78 Å². The molecule has 0 aromatic carbocycles. The van der Waals surface area contributed by atoms with Crippen molar-refractivity contribution in [3.63, 3.8) is 0 Å². The molecule has 0 N–H and O–H groups in total. The minimum atomic E-state index is 0.167. The molecule has 0 aliphatic carbocycles. The van der Waals surface area contributed by atoms with Gasteiger partial charge in [-0.2, -0.15) is 5.10 Å². The van der Waals surface area contributed by atoms with Crippen LogP contribution in [0.15, 0.2) is 12.4 Å². The van der Waals surface area contributed by atoms with Crippen molar-refractivity contribution in [1.82, 2.24) is 9.78 Å². The number of carbonyl (C=O) groups excluding carboxylic acids is 1. The summed E-state index contributed by atoms with van der Waals surface area (Å²) in [5.74, 6) is 0.838. The summed E-state index contributed by atoms with van der Waals surface area (Å²) in [6, 6.07) is 0. The van der Waals surface area contributed by atoms with E-state index in [1.165, 1.54) is 0 Å². The lowest BCUT2D eigenvalue weighted by atomic mass is 10.1. The van der Waals surface area contributed by atoms with Gasteiger partial charge in [0, 0.05) is 19.2 Å². The predicted octanol–water partition coefficient (Wildman–Crippen LogP) is 2.52. The first-order valence-electron chi connectivity index (χ1n) is 5.19. The van der Waals surface area contributed by atoms with Gasteiger partial charge in [-0.15, -0.1) is 0 Å². The zero-order valence-corrected chi connectivity index (χ0v) is 9.16. The molecule has 1 aromatic rings. The fraction of sp³-hybridized carbons (Fsp3) is 0.636. The van der Waals surface area contributed by atoms with Gasteiger partial charge in [0.15, 0.2) is 5.78 Å². The molecule has 14 heavy (non-hydrogen) atoms. The Morgan fingerprint density at radius 3 is 2.86 bits per heavy atom. The van der Waals surface area contributed by atoms with Gasteiger partial charge in [-0.25, -0.2) is 0 Å². The van der Waals surface area contributed by atoms with Crippen LogP contribution in [0.25, 0.3) is 0 Å². The summed E-state index contributed by atoms with van der Waals surface area (Å²) in [5, 5.41) is 4.15. The number of hydrogen-bond donors (Lipinski definition) is 0. The minimum absolute atomic E-state index is 0.167. The van der Waals surface area contributed by atoms with Crippen LogP contribution in [0.2, 0.25) is 0 Å². The lowest BCUT2D eigenvalue weighted by Crippen LogP contribution is -2.01. The monoisotopic (exact) mass is 194 g/mol. The van der Waals surface area contributed by atoms with Crippen LogP contribution in [0.3, 0.4) is 0 Å². The van der Waals surface area contributed by atoms with Crippen molar-refractivity contribution in [2.24, 2.45) is 5.92 Å². The molecular formula is C11H18N2O. The van der Waals surface area contributed by atoms with E-state index in [0.717, 1.165) is 18.5 Å². The zero-order chi connectivity index (χ0) is 10.6. The average molecular weight is 194 g/mol. The first-order valence-corrected chi connectivity index (χ1v) is 5.19. The van der Waals surface area contributed by atoms with Crippen LogP contribution in [-0.2, 0) is 6.54 Å². The number of aromatic nitrogens is 2. The maximum absolute atomic E-state index is 11.3. The van der Waals surface area contributed by atoms with Gasteiger partial charge in [-0.3, -0.25) is 9.48 Å². The molecule has 0 atom stereocenters. The Labute approximate surface area is 85.1 Å². The summed E-state index contributed by atoms with van der Waals surface area (Å²) in [6.45, 7) is 7.13. The largest absolute Gasteiger partial charge is 0.294 e. The molecule has 0 aliphatic rings. The Kier molecular flexibility index (Phi) is 3.86. The first kappa shape index (κ1) is 11.0. The number of hydrogen-bond acceptors (Lipinski definition) is 2. The molecule has 1 rings (SSSR count). The molecular weight excluding hydrogens is 176 g/mol. The smallest absolute Gasteiger partial charge is 0.165 e. The highest BCUT2D eigenvalue weighted by Crippen LogP contribution is 2.05. The molecule has 78 valence electrons. The zero-order valence-electron chi connectivity index (χ0n) is 9.16. The molecule has 0 saturated carbocycles. The van der Waals surface area contributed by atoms with E-state index < -0.39 is 0 Å². The van der Waals surface area contributed by atoms with E-state index in [1.54, 1.807) is 6.20 Å². The Hall–Kier alpha value is -1.12. The molecule has 0 aliphatic heterocycles. The molecule has 1 aromatic heterocycles. The van der Waals surface area contributed by atoms with Crippen molar-refractivity contribution in [3.8, 4) is 0 Å². The standard InChI is InChI=1S/C11H18N2O/c1-4-11(14)10-7-12-13(8-10)6-5-9(2)3/h7-9H,4-6H2,1-3H3. The summed E-state index contributed by atoms with van der Waals surface area (Å²) >= 11 is 0. The number of aryl methyl sites for hydroxylation is 1. The molecule has 0 unspecified atom stereocenters. The fourth-order valence-electron chi connectivity index (χ4n) is 1.22. The van der Waals surface area contributed by atoms with Crippen LogP contribution < -0.4 is 0 Å². The van der Waals surface area contributed by atoms with Crippen molar-refractivity contribution in [3.05, 3.63) is 18.0 Å². The van der Waals surface area contributed by atoms with Gasteiger partial charge in [0.25, 0.3) is 0 Å². The summed E-state index contributed by atoms with van der Waals surface area (Å²) in [7, 11) is 0. The lowest BCUT2D eigenvalue weighted by molar-refractivity contribution is 0.0988. The van der Waals surface area contributed by atoms with Crippen LogP contribution in [0.5, 0.6) is 0 Å². The normalized spacial score (nSPS) is 10.9. The average Bonchev–Trinajstić information content (AvgIpc) is 2.62. The topological polar surface area (TPSA) is 34.9 Å². The van der Waals surface area contributed by atoms with Crippen LogP contribution in [0.1, 0.15) is 44.0 Å². The van der Waals surface area contributed by atoms with Gasteiger partial charge < -0.3 is 0 Å². The highest BCUT2D eigenvalue weighted by atomic mass is 16.1. The summed E-state index contributed by atoms with van der Waals surface area (Å²) in [6.07, 6.45) is 5.15. The minimum Gasteiger partial charge on any atom is -0.294 e. The second-order valence-corrected chi connectivity index (χ2v) is 3.95. The molecule has 1 heterocycles. The first-order chi connectivity index (χ1) is 6.63. The molecule has 0 bridgehead atoms. The molecule has 0 amide bonds. The van der Waals surface area contributed by atoms with Crippen molar-refractivity contribution in [2.45, 2.75) is 40.2 Å². The van der Waals surface area contributed by atoms with Gasteiger partial charge in [-0.05, 0) is 12.3 Å². The van der Waals surface area contributed by atoms with Gasteiger partial charge in [0.05, 0.1) is 11.8 Å². The lowest BCUT2D eigenvalue weighted by Gasteiger charge is -2.03. The number of rotatable bonds is 5. The Balaban J connectivity index is 2.55. The van der Waals surface area contributed by atoms with Gasteiger partial charge in [0.2, 0.25) is 0 Å². The van der Waals surface area contributed by atoms with Crippen molar-refractivity contribution in [2.75, 3.05) is 0 Å². The predicted molar refractivity (Wildman–Crippen MR) is 56.3 cm³/mol. The molecule has 0 saturated heterocycles. The fourth-order valence-corrected chi connectivity index (χ4v) is 1.22. The second kappa shape index (κ2) is 4.94. The Morgan fingerprint density at radius 1 is 1.57 bits per heavy atom. The van der Waals surface area contributed by atoms with Crippen LogP contribution in [0, 0.1) is 5.92 Å². The van der Waals surface area contributed by atoms with E-state index in [2.05, 4.69) is 18.9 Å². The molecule has 0 fully saturated rings. The maximum Gasteiger partial charge on any atom is 0.165 e. The summed E-state index contributed by atoms with van der Waals surface area (Å²) in [4.78, 5) is 11.3. The van der Waals surface area contributed by atoms with Gasteiger partial charge in [-0.1, -0.05) is 20.8 Å². The Morgan fingerprint density at radius 2 is 2.29 bits per heavy atom. The number of nitrogens with zero attached hydrogens (tertiary/aromatic N) is 2. The van der Waals surface area contributed by atoms with E-state index in [1.807, 2.05) is 17.8 Å². The third-order valence-electron chi connectivity index (χ3n) is 2.21. The van der Waals surface area contributed by atoms with Crippen LogP contribution in [-0.4, -0.2) is 15.6 Å².